The second kappa shape index (κ2) is 2.99. The van der Waals surface area contributed by atoms with Crippen LogP contribution in [-0.4, -0.2) is 22.9 Å². The Bertz CT molecular complexity index is 43.3. The van der Waals surface area contributed by atoms with Gasteiger partial charge in [-0.15, -0.1) is 0 Å². The topological polar surface area (TPSA) is 40.5 Å². The molecule has 0 spiro atoms. The van der Waals surface area contributed by atoms with Crippen LogP contribution in [0.25, 0.3) is 0 Å². The summed E-state index contributed by atoms with van der Waals surface area (Å²) in [5, 5.41) is 17.0. The minimum absolute atomic E-state index is 0.0139. The van der Waals surface area contributed by atoms with Gasteiger partial charge in [-0.2, -0.15) is 0 Å². The van der Waals surface area contributed by atoms with Crippen LogP contribution in [0.4, 0.5) is 0 Å². The van der Waals surface area contributed by atoms with Crippen LogP contribution in [0.3, 0.4) is 0 Å². The Morgan fingerprint density at radius 3 is 1.86 bits per heavy atom. The quantitative estimate of drug-likeness (QED) is 0.517. The predicted octanol–water partition coefficient (Wildman–Crippen LogP) is -0.00440. The first-order valence-corrected chi connectivity index (χ1v) is 2.47. The lowest BCUT2D eigenvalue weighted by Crippen LogP contribution is -2.16. The molecule has 0 saturated carbocycles. The molecule has 0 rings (SSSR count). The Labute approximate surface area is 43.8 Å². The summed E-state index contributed by atoms with van der Waals surface area (Å²) in [6.45, 7) is 3.53. The summed E-state index contributed by atoms with van der Waals surface area (Å²) < 4.78 is 0. The van der Waals surface area contributed by atoms with Crippen LogP contribution in [-0.2, 0) is 0 Å². The molecule has 2 nitrogen and oxygen atoms in total. The average molecular weight is 104 g/mol. The van der Waals surface area contributed by atoms with Crippen molar-refractivity contribution in [1.82, 2.24) is 0 Å². The summed E-state index contributed by atoms with van der Waals surface area (Å²) in [7, 11) is 0. The molecule has 0 aliphatic heterocycles. The van der Waals surface area contributed by atoms with E-state index in [0.29, 0.717) is 0 Å². The van der Waals surface area contributed by atoms with Crippen molar-refractivity contribution in [1.29, 1.82) is 0 Å². The zero-order chi connectivity index (χ0) is 5.86. The van der Waals surface area contributed by atoms with Crippen molar-refractivity contribution in [3.8, 4) is 0 Å². The van der Waals surface area contributed by atoms with Gasteiger partial charge in [-0.05, 0) is 6.92 Å². The first kappa shape index (κ1) is 6.92. The molecule has 7 heavy (non-hydrogen) atoms. The van der Waals surface area contributed by atoms with Gasteiger partial charge in [0.15, 0.2) is 0 Å². The summed E-state index contributed by atoms with van der Waals surface area (Å²) in [6, 6.07) is 0. The number of hydrogen-bond donors (Lipinski definition) is 2. The molecule has 0 heterocycles. The van der Waals surface area contributed by atoms with Crippen molar-refractivity contribution < 1.29 is 10.2 Å². The van der Waals surface area contributed by atoms with Gasteiger partial charge in [0, 0.05) is 12.5 Å². The van der Waals surface area contributed by atoms with Crippen molar-refractivity contribution in [3.63, 3.8) is 0 Å². The molecule has 0 aliphatic carbocycles. The van der Waals surface area contributed by atoms with Crippen molar-refractivity contribution in [2.24, 2.45) is 5.92 Å². The van der Waals surface area contributed by atoms with E-state index in [1.165, 1.54) is 0 Å². The van der Waals surface area contributed by atoms with Crippen LogP contribution >= 0.6 is 0 Å². The van der Waals surface area contributed by atoms with E-state index in [0.717, 1.165) is 0 Å². The van der Waals surface area contributed by atoms with Gasteiger partial charge < -0.3 is 10.2 Å². The summed E-state index contributed by atoms with van der Waals surface area (Å²) in [6.07, 6.45) is -0.384. The van der Waals surface area contributed by atoms with Gasteiger partial charge in [-0.1, -0.05) is 6.92 Å². The highest BCUT2D eigenvalue weighted by Gasteiger charge is 2.04. The molecule has 0 aliphatic rings. The van der Waals surface area contributed by atoms with E-state index in [9.17, 15) is 0 Å². The van der Waals surface area contributed by atoms with Gasteiger partial charge in [0.25, 0.3) is 0 Å². The lowest BCUT2D eigenvalue weighted by atomic mass is 10.1. The van der Waals surface area contributed by atoms with E-state index in [1.807, 2.05) is 0 Å². The molecule has 0 amide bonds. The van der Waals surface area contributed by atoms with Gasteiger partial charge in [0.1, 0.15) is 0 Å². The Balaban J connectivity index is 3.14. The minimum Gasteiger partial charge on any atom is -0.396 e. The van der Waals surface area contributed by atoms with Gasteiger partial charge >= 0.3 is 0 Å². The van der Waals surface area contributed by atoms with Gasteiger partial charge in [0.2, 0.25) is 0 Å². The highest BCUT2D eigenvalue weighted by molar-refractivity contribution is 4.54. The van der Waals surface area contributed by atoms with Gasteiger partial charge in [-0.25, -0.2) is 0 Å². The van der Waals surface area contributed by atoms with Crippen LogP contribution in [0.1, 0.15) is 13.8 Å². The minimum atomic E-state index is -0.384. The second-order valence-corrected chi connectivity index (χ2v) is 1.90. The fraction of sp³-hybridized carbons (Fsp3) is 1.00. The van der Waals surface area contributed by atoms with Gasteiger partial charge in [-0.3, -0.25) is 0 Å². The molecule has 0 radical (unpaired) electrons. The fourth-order valence-electron chi connectivity index (χ4n) is 0.153. The maximum absolute atomic E-state index is 8.66. The van der Waals surface area contributed by atoms with Crippen LogP contribution in [0, 0.1) is 5.92 Å². The molecule has 2 N–H and O–H groups in total. The lowest BCUT2D eigenvalue weighted by molar-refractivity contribution is 0.0913. The second-order valence-electron chi connectivity index (χ2n) is 1.90. The summed E-state index contributed by atoms with van der Waals surface area (Å²) >= 11 is 0. The Kier molecular flexibility index (Phi) is 2.96. The molecule has 0 saturated heterocycles. The maximum Gasteiger partial charge on any atom is 0.0559 e. The zero-order valence-electron chi connectivity index (χ0n) is 4.76. The van der Waals surface area contributed by atoms with Crippen LogP contribution in [0.2, 0.25) is 0 Å². The summed E-state index contributed by atoms with van der Waals surface area (Å²) in [5.74, 6) is 0.0139. The monoisotopic (exact) mass is 104 g/mol. The molecule has 1 unspecified atom stereocenters. The molecular formula is C5H12O2. The van der Waals surface area contributed by atoms with E-state index in [1.54, 1.807) is 13.8 Å². The van der Waals surface area contributed by atoms with Crippen molar-refractivity contribution in [2.75, 3.05) is 6.61 Å². The molecule has 2 atom stereocenters. The standard InChI is InChI=1S/C5H12O2/c1-4(3-6)5(2)7/h4-7H,3H2,1-2H3/t4?,5-/m0/s1. The maximum atomic E-state index is 8.66. The van der Waals surface area contributed by atoms with Crippen molar-refractivity contribution >= 4 is 0 Å². The fourth-order valence-corrected chi connectivity index (χ4v) is 0.153. The van der Waals surface area contributed by atoms with E-state index < -0.39 is 0 Å². The molecule has 0 aromatic rings. The SMILES string of the molecule is CC(CO)[C@H](C)O. The van der Waals surface area contributed by atoms with E-state index >= 15 is 0 Å². The summed E-state index contributed by atoms with van der Waals surface area (Å²) in [4.78, 5) is 0. The van der Waals surface area contributed by atoms with E-state index in [4.69, 9.17) is 10.2 Å². The predicted molar refractivity (Wildman–Crippen MR) is 27.9 cm³/mol. The first-order chi connectivity index (χ1) is 3.18. The molecule has 0 bridgehead atoms. The molecule has 0 aromatic heterocycles. The molecule has 0 aromatic carbocycles. The molecular weight excluding hydrogens is 92.1 g/mol. The van der Waals surface area contributed by atoms with Crippen LogP contribution in [0.5, 0.6) is 0 Å². The highest BCUT2D eigenvalue weighted by atomic mass is 16.3. The van der Waals surface area contributed by atoms with Crippen LogP contribution < -0.4 is 0 Å². The number of aliphatic hydroxyl groups is 2. The van der Waals surface area contributed by atoms with E-state index in [-0.39, 0.29) is 18.6 Å². The zero-order valence-corrected chi connectivity index (χ0v) is 4.76. The third-order valence-corrected chi connectivity index (χ3v) is 1.11. The molecule has 0 fully saturated rings. The third kappa shape index (κ3) is 2.60. The number of hydrogen-bond acceptors (Lipinski definition) is 2. The Morgan fingerprint density at radius 1 is 1.43 bits per heavy atom. The number of aliphatic hydroxyl groups excluding tert-OH is 2. The summed E-state index contributed by atoms with van der Waals surface area (Å²) in [5.41, 5.74) is 0. The Hall–Kier alpha value is -0.0800. The van der Waals surface area contributed by atoms with Crippen molar-refractivity contribution in [2.45, 2.75) is 20.0 Å². The molecule has 2 heteroatoms. The number of rotatable bonds is 2. The smallest absolute Gasteiger partial charge is 0.0559 e. The van der Waals surface area contributed by atoms with Crippen LogP contribution in [0.15, 0.2) is 0 Å². The largest absolute Gasteiger partial charge is 0.396 e. The lowest BCUT2D eigenvalue weighted by Gasteiger charge is -2.08. The normalized spacial score (nSPS) is 18.9. The molecule has 44 valence electrons. The average Bonchev–Trinajstić information content (AvgIpc) is 1.65. The Morgan fingerprint density at radius 2 is 1.86 bits per heavy atom. The van der Waals surface area contributed by atoms with Gasteiger partial charge in [0.05, 0.1) is 6.10 Å². The van der Waals surface area contributed by atoms with Crippen molar-refractivity contribution in [3.05, 3.63) is 0 Å². The first-order valence-electron chi connectivity index (χ1n) is 2.47. The highest BCUT2D eigenvalue weighted by Crippen LogP contribution is 1.97. The van der Waals surface area contributed by atoms with E-state index in [2.05, 4.69) is 0 Å². The third-order valence-electron chi connectivity index (χ3n) is 1.11.